The monoisotopic (exact) mass is 191 g/mol. The molecule has 0 heterocycles. The van der Waals surface area contributed by atoms with Crippen LogP contribution in [0.15, 0.2) is 11.6 Å². The number of carboxylic acid groups (broad SMARTS) is 1. The molecule has 0 aromatic rings. The third kappa shape index (κ3) is 3.74. The minimum atomic E-state index is -0.821. The van der Waals surface area contributed by atoms with E-state index >= 15 is 0 Å². The van der Waals surface area contributed by atoms with E-state index < -0.39 is 12.0 Å². The minimum absolute atomic E-state index is 0.409. The number of aliphatic carboxylic acids is 1. The molecule has 4 heteroatoms. The number of likely N-dealkylation sites (N-methyl/N-ethyl adjacent to an activating group) is 1. The van der Waals surface area contributed by atoms with Crippen LogP contribution in [0.2, 0.25) is 0 Å². The van der Waals surface area contributed by atoms with Crippen LogP contribution in [0, 0.1) is 0 Å². The molecule has 0 radical (unpaired) electrons. The molecule has 0 aliphatic rings. The zero-order valence-corrected chi connectivity index (χ0v) is 8.14. The maximum absolute atomic E-state index is 10.6. The van der Waals surface area contributed by atoms with Crippen molar-refractivity contribution in [2.24, 2.45) is 0 Å². The first-order chi connectivity index (χ1) is 5.49. The molecule has 0 aromatic heterocycles. The number of hydrogen-bond donors (Lipinski definition) is 1. The van der Waals surface area contributed by atoms with E-state index in [0.29, 0.717) is 18.0 Å². The summed E-state index contributed by atoms with van der Waals surface area (Å²) in [5.74, 6) is -0.821. The smallest absolute Gasteiger partial charge is 0.320 e. The van der Waals surface area contributed by atoms with Crippen LogP contribution >= 0.6 is 11.6 Å². The largest absolute Gasteiger partial charge is 0.480 e. The third-order valence-corrected chi connectivity index (χ3v) is 1.74. The van der Waals surface area contributed by atoms with Gasteiger partial charge in [-0.2, -0.15) is 0 Å². The molecule has 1 N–H and O–H groups in total. The van der Waals surface area contributed by atoms with E-state index in [0.717, 1.165) is 0 Å². The molecule has 0 bridgehead atoms. The van der Waals surface area contributed by atoms with Crippen molar-refractivity contribution in [2.75, 3.05) is 13.6 Å². The molecule has 0 amide bonds. The molecule has 0 fully saturated rings. The normalized spacial score (nSPS) is 13.0. The maximum Gasteiger partial charge on any atom is 0.320 e. The van der Waals surface area contributed by atoms with Crippen molar-refractivity contribution in [2.45, 2.75) is 19.4 Å². The fourth-order valence-corrected chi connectivity index (χ4v) is 1.24. The summed E-state index contributed by atoms with van der Waals surface area (Å²) in [5, 5.41) is 9.20. The van der Waals surface area contributed by atoms with Gasteiger partial charge in [0, 0.05) is 11.6 Å². The van der Waals surface area contributed by atoms with Crippen LogP contribution in [-0.2, 0) is 4.79 Å². The van der Waals surface area contributed by atoms with Crippen LogP contribution in [-0.4, -0.2) is 35.6 Å². The topological polar surface area (TPSA) is 40.5 Å². The van der Waals surface area contributed by atoms with E-state index in [1.54, 1.807) is 11.9 Å². The Labute approximate surface area is 77.6 Å². The second-order valence-corrected chi connectivity index (χ2v) is 3.23. The van der Waals surface area contributed by atoms with Gasteiger partial charge in [-0.15, -0.1) is 0 Å². The number of halogens is 1. The second kappa shape index (κ2) is 5.17. The zero-order chi connectivity index (χ0) is 9.72. The standard InChI is InChI=1S/C8H14ClNO2/c1-4-7(8(11)12)10(3)5-6(2)9/h7H,2,4-5H2,1,3H3,(H,11,12). The number of carboxylic acids is 1. The van der Waals surface area contributed by atoms with Gasteiger partial charge in [0.05, 0.1) is 0 Å². The van der Waals surface area contributed by atoms with E-state index in [2.05, 4.69) is 6.58 Å². The van der Waals surface area contributed by atoms with Crippen LogP contribution in [0.4, 0.5) is 0 Å². The molecule has 0 rings (SSSR count). The molecule has 0 saturated heterocycles. The summed E-state index contributed by atoms with van der Waals surface area (Å²) < 4.78 is 0. The summed E-state index contributed by atoms with van der Waals surface area (Å²) in [4.78, 5) is 12.3. The van der Waals surface area contributed by atoms with Gasteiger partial charge in [-0.3, -0.25) is 9.69 Å². The second-order valence-electron chi connectivity index (χ2n) is 2.69. The summed E-state index contributed by atoms with van der Waals surface area (Å²) in [7, 11) is 1.72. The fraction of sp³-hybridized carbons (Fsp3) is 0.625. The Morgan fingerprint density at radius 1 is 1.75 bits per heavy atom. The fourth-order valence-electron chi connectivity index (χ4n) is 1.06. The number of rotatable bonds is 5. The van der Waals surface area contributed by atoms with Crippen molar-refractivity contribution in [1.29, 1.82) is 0 Å². The van der Waals surface area contributed by atoms with Crippen molar-refractivity contribution in [1.82, 2.24) is 4.90 Å². The molecule has 0 aliphatic carbocycles. The first-order valence-corrected chi connectivity index (χ1v) is 4.13. The molecule has 3 nitrogen and oxygen atoms in total. The van der Waals surface area contributed by atoms with Crippen molar-refractivity contribution >= 4 is 17.6 Å². The molecular formula is C8H14ClNO2. The predicted octanol–water partition coefficient (Wildman–Crippen LogP) is 1.53. The van der Waals surface area contributed by atoms with Gasteiger partial charge in [-0.05, 0) is 13.5 Å². The van der Waals surface area contributed by atoms with Crippen LogP contribution in [0.1, 0.15) is 13.3 Å². The van der Waals surface area contributed by atoms with Gasteiger partial charge >= 0.3 is 5.97 Å². The van der Waals surface area contributed by atoms with Gasteiger partial charge in [0.15, 0.2) is 0 Å². The molecule has 0 spiro atoms. The minimum Gasteiger partial charge on any atom is -0.480 e. The van der Waals surface area contributed by atoms with Gasteiger partial charge in [0.1, 0.15) is 6.04 Å². The van der Waals surface area contributed by atoms with E-state index in [-0.39, 0.29) is 0 Å². The summed E-state index contributed by atoms with van der Waals surface area (Å²) in [6.45, 7) is 5.74. The van der Waals surface area contributed by atoms with Crippen LogP contribution < -0.4 is 0 Å². The highest BCUT2D eigenvalue weighted by molar-refractivity contribution is 6.29. The lowest BCUT2D eigenvalue weighted by molar-refractivity contribution is -0.142. The molecule has 0 aromatic carbocycles. The molecular weight excluding hydrogens is 178 g/mol. The number of hydrogen-bond acceptors (Lipinski definition) is 2. The quantitative estimate of drug-likeness (QED) is 0.717. The van der Waals surface area contributed by atoms with E-state index in [4.69, 9.17) is 16.7 Å². The van der Waals surface area contributed by atoms with Crippen LogP contribution in [0.25, 0.3) is 0 Å². The Bertz CT molecular complexity index is 182. The Kier molecular flexibility index (Phi) is 4.93. The van der Waals surface area contributed by atoms with E-state index in [1.807, 2.05) is 6.92 Å². The Balaban J connectivity index is 4.11. The molecule has 1 atom stereocenters. The molecule has 70 valence electrons. The predicted molar refractivity (Wildman–Crippen MR) is 49.3 cm³/mol. The Hall–Kier alpha value is -0.540. The average molecular weight is 192 g/mol. The summed E-state index contributed by atoms with van der Waals surface area (Å²) in [6, 6.07) is -0.472. The Morgan fingerprint density at radius 2 is 2.25 bits per heavy atom. The van der Waals surface area contributed by atoms with Gasteiger partial charge in [0.25, 0.3) is 0 Å². The van der Waals surface area contributed by atoms with Crippen LogP contribution in [0.3, 0.4) is 0 Å². The molecule has 1 unspecified atom stereocenters. The lowest BCUT2D eigenvalue weighted by Crippen LogP contribution is -2.38. The third-order valence-electron chi connectivity index (χ3n) is 1.62. The van der Waals surface area contributed by atoms with E-state index in [1.165, 1.54) is 0 Å². The van der Waals surface area contributed by atoms with Gasteiger partial charge in [-0.1, -0.05) is 25.1 Å². The number of carbonyl (C=O) groups is 1. The average Bonchev–Trinajstić information content (AvgIpc) is 1.85. The highest BCUT2D eigenvalue weighted by Gasteiger charge is 2.19. The SMILES string of the molecule is C=C(Cl)CN(C)C(CC)C(=O)O. The van der Waals surface area contributed by atoms with Crippen molar-refractivity contribution in [3.8, 4) is 0 Å². The van der Waals surface area contributed by atoms with Crippen molar-refractivity contribution in [3.05, 3.63) is 11.6 Å². The van der Waals surface area contributed by atoms with Crippen molar-refractivity contribution in [3.63, 3.8) is 0 Å². The Morgan fingerprint density at radius 3 is 2.50 bits per heavy atom. The van der Waals surface area contributed by atoms with Gasteiger partial charge in [-0.25, -0.2) is 0 Å². The highest BCUT2D eigenvalue weighted by Crippen LogP contribution is 2.06. The molecule has 0 saturated carbocycles. The van der Waals surface area contributed by atoms with Crippen molar-refractivity contribution < 1.29 is 9.90 Å². The zero-order valence-electron chi connectivity index (χ0n) is 7.38. The maximum atomic E-state index is 10.6. The number of nitrogens with zero attached hydrogens (tertiary/aromatic N) is 1. The first-order valence-electron chi connectivity index (χ1n) is 3.75. The summed E-state index contributed by atoms with van der Waals surface area (Å²) in [5.41, 5.74) is 0. The lowest BCUT2D eigenvalue weighted by Gasteiger charge is -2.22. The van der Waals surface area contributed by atoms with Gasteiger partial charge < -0.3 is 5.11 Å². The highest BCUT2D eigenvalue weighted by atomic mass is 35.5. The molecule has 12 heavy (non-hydrogen) atoms. The first kappa shape index (κ1) is 11.5. The summed E-state index contributed by atoms with van der Waals surface area (Å²) >= 11 is 5.55. The van der Waals surface area contributed by atoms with Gasteiger partial charge in [0.2, 0.25) is 0 Å². The lowest BCUT2D eigenvalue weighted by atomic mass is 10.2. The van der Waals surface area contributed by atoms with Crippen LogP contribution in [0.5, 0.6) is 0 Å². The van der Waals surface area contributed by atoms with E-state index in [9.17, 15) is 4.79 Å². The summed E-state index contributed by atoms with van der Waals surface area (Å²) in [6.07, 6.45) is 0.565. The molecule has 0 aliphatic heterocycles.